The van der Waals surface area contributed by atoms with Crippen molar-refractivity contribution in [3.8, 4) is 18.5 Å². The van der Waals surface area contributed by atoms with Crippen molar-refractivity contribution in [3.63, 3.8) is 0 Å². The number of benzene rings is 1. The van der Waals surface area contributed by atoms with Crippen LogP contribution in [0, 0.1) is 23.8 Å². The zero-order chi connectivity index (χ0) is 8.81. The van der Waals surface area contributed by atoms with Crippen molar-refractivity contribution in [1.82, 2.24) is 0 Å². The molecule has 0 aliphatic rings. The van der Waals surface area contributed by atoms with E-state index in [2.05, 4.69) is 5.92 Å². The van der Waals surface area contributed by atoms with Crippen LogP contribution in [-0.2, 0) is 0 Å². The third kappa shape index (κ3) is 1.78. The van der Waals surface area contributed by atoms with Crippen LogP contribution in [0.1, 0.15) is 0 Å². The molecule has 0 saturated carbocycles. The van der Waals surface area contributed by atoms with E-state index in [1.54, 1.807) is 0 Å². The molecular weight excluding hydrogens is 148 g/mol. The molecule has 0 spiro atoms. The summed E-state index contributed by atoms with van der Waals surface area (Å²) in [7, 11) is 0. The van der Waals surface area contributed by atoms with Crippen molar-refractivity contribution in [2.24, 2.45) is 0 Å². The average molecular weight is 156 g/mol. The van der Waals surface area contributed by atoms with Gasteiger partial charge in [0.25, 0.3) is 0 Å². The van der Waals surface area contributed by atoms with Crippen molar-refractivity contribution in [3.05, 3.63) is 30.3 Å². The number of rotatable bonds is 2. The predicted octanol–water partition coefficient (Wildman–Crippen LogP) is 1.61. The molecule has 2 heteroatoms. The molecule has 0 fully saturated rings. The van der Waals surface area contributed by atoms with Gasteiger partial charge in [0.05, 0.1) is 12.2 Å². The molecule has 0 N–H and O–H groups in total. The van der Waals surface area contributed by atoms with Crippen LogP contribution in [0.15, 0.2) is 30.3 Å². The molecule has 0 amide bonds. The maximum absolute atomic E-state index is 8.69. The van der Waals surface area contributed by atoms with Gasteiger partial charge in [-0.2, -0.15) is 5.26 Å². The fourth-order valence-corrected chi connectivity index (χ4v) is 0.884. The van der Waals surface area contributed by atoms with E-state index < -0.39 is 0 Å². The quantitative estimate of drug-likeness (QED) is 0.369. The number of nitriles is 1. The van der Waals surface area contributed by atoms with Crippen LogP contribution in [0.25, 0.3) is 0 Å². The average Bonchev–Trinajstić information content (AvgIpc) is 2.15. The minimum absolute atomic E-state index is 0.320. The lowest BCUT2D eigenvalue weighted by Gasteiger charge is -2.10. The van der Waals surface area contributed by atoms with E-state index in [1.807, 2.05) is 36.5 Å². The third-order valence-corrected chi connectivity index (χ3v) is 1.44. The highest BCUT2D eigenvalue weighted by Crippen LogP contribution is 2.10. The summed E-state index contributed by atoms with van der Waals surface area (Å²) in [6.45, 7) is 0.320. The van der Waals surface area contributed by atoms with Gasteiger partial charge in [0.15, 0.2) is 6.19 Å². The monoisotopic (exact) mass is 156 g/mol. The lowest BCUT2D eigenvalue weighted by Crippen LogP contribution is -2.15. The summed E-state index contributed by atoms with van der Waals surface area (Å²) in [5.41, 5.74) is 0.831. The molecule has 0 bridgehead atoms. The normalized spacial score (nSPS) is 8.17. The zero-order valence-corrected chi connectivity index (χ0v) is 6.57. The molecule has 1 aromatic rings. The standard InChI is InChI=1S/C10H8N2/c1-2-8-12(9-11)10-6-4-3-5-7-10/h1,3-7H,8H2. The second-order valence-electron chi connectivity index (χ2n) is 2.23. The first kappa shape index (κ1) is 8.17. The van der Waals surface area contributed by atoms with Gasteiger partial charge in [-0.1, -0.05) is 24.1 Å². The summed E-state index contributed by atoms with van der Waals surface area (Å²) in [5.74, 6) is 2.42. The molecule has 1 rings (SSSR count). The maximum atomic E-state index is 8.69. The van der Waals surface area contributed by atoms with E-state index in [1.165, 1.54) is 4.90 Å². The molecule has 0 aromatic heterocycles. The number of hydrogen-bond donors (Lipinski definition) is 0. The van der Waals surface area contributed by atoms with Gasteiger partial charge < -0.3 is 0 Å². The molecule has 0 saturated heterocycles. The van der Waals surface area contributed by atoms with Crippen LogP contribution < -0.4 is 4.90 Å². The Labute approximate surface area is 72.0 Å². The highest BCUT2D eigenvalue weighted by molar-refractivity contribution is 5.50. The van der Waals surface area contributed by atoms with Gasteiger partial charge in [0, 0.05) is 0 Å². The third-order valence-electron chi connectivity index (χ3n) is 1.44. The van der Waals surface area contributed by atoms with E-state index in [9.17, 15) is 0 Å². The summed E-state index contributed by atoms with van der Waals surface area (Å²) in [5, 5.41) is 8.69. The first-order valence-corrected chi connectivity index (χ1v) is 3.54. The van der Waals surface area contributed by atoms with Gasteiger partial charge >= 0.3 is 0 Å². The zero-order valence-electron chi connectivity index (χ0n) is 6.57. The number of para-hydroxylation sites is 1. The summed E-state index contributed by atoms with van der Waals surface area (Å²) in [4.78, 5) is 1.46. The van der Waals surface area contributed by atoms with Crippen molar-refractivity contribution < 1.29 is 0 Å². The molecule has 0 unspecified atom stereocenters. The minimum atomic E-state index is 0.320. The molecule has 0 radical (unpaired) electrons. The van der Waals surface area contributed by atoms with E-state index in [0.29, 0.717) is 6.54 Å². The Morgan fingerprint density at radius 2 is 2.00 bits per heavy atom. The first-order valence-electron chi connectivity index (χ1n) is 3.54. The van der Waals surface area contributed by atoms with E-state index in [-0.39, 0.29) is 0 Å². The fraction of sp³-hybridized carbons (Fsp3) is 0.100. The van der Waals surface area contributed by atoms with Crippen molar-refractivity contribution in [1.29, 1.82) is 5.26 Å². The van der Waals surface area contributed by atoms with E-state index in [0.717, 1.165) is 5.69 Å². The second kappa shape index (κ2) is 4.05. The number of terminal acetylenes is 1. The number of nitrogens with zero attached hydrogens (tertiary/aromatic N) is 2. The van der Waals surface area contributed by atoms with Crippen LogP contribution in [-0.4, -0.2) is 6.54 Å². The van der Waals surface area contributed by atoms with Gasteiger partial charge in [0.1, 0.15) is 0 Å². The Morgan fingerprint density at radius 1 is 1.33 bits per heavy atom. The van der Waals surface area contributed by atoms with Gasteiger partial charge in [0.2, 0.25) is 0 Å². The van der Waals surface area contributed by atoms with Crippen molar-refractivity contribution in [2.45, 2.75) is 0 Å². The van der Waals surface area contributed by atoms with E-state index in [4.69, 9.17) is 11.7 Å². The van der Waals surface area contributed by atoms with Gasteiger partial charge in [-0.25, -0.2) is 0 Å². The predicted molar refractivity (Wildman–Crippen MR) is 48.2 cm³/mol. The summed E-state index contributed by atoms with van der Waals surface area (Å²) >= 11 is 0. The van der Waals surface area contributed by atoms with Gasteiger partial charge in [-0.15, -0.1) is 6.42 Å². The minimum Gasteiger partial charge on any atom is -0.268 e. The second-order valence-corrected chi connectivity index (χ2v) is 2.23. The lowest BCUT2D eigenvalue weighted by atomic mass is 10.3. The molecule has 12 heavy (non-hydrogen) atoms. The molecule has 0 heterocycles. The molecular formula is C10H8N2. The van der Waals surface area contributed by atoms with Crippen LogP contribution in [0.4, 0.5) is 5.69 Å². The van der Waals surface area contributed by atoms with Gasteiger partial charge in [-0.3, -0.25) is 4.90 Å². The highest BCUT2D eigenvalue weighted by atomic mass is 15.1. The summed E-state index contributed by atoms with van der Waals surface area (Å²) in [6, 6.07) is 9.34. The topological polar surface area (TPSA) is 27.0 Å². The first-order chi connectivity index (χ1) is 5.88. The molecule has 58 valence electrons. The summed E-state index contributed by atoms with van der Waals surface area (Å²) in [6.07, 6.45) is 7.11. The molecule has 1 aromatic carbocycles. The van der Waals surface area contributed by atoms with Crippen molar-refractivity contribution >= 4 is 5.69 Å². The Bertz CT molecular complexity index is 316. The largest absolute Gasteiger partial charge is 0.268 e. The SMILES string of the molecule is C#CCN(C#N)c1ccccc1. The van der Waals surface area contributed by atoms with E-state index >= 15 is 0 Å². The lowest BCUT2D eigenvalue weighted by molar-refractivity contribution is 1.12. The Kier molecular flexibility index (Phi) is 2.76. The Hall–Kier alpha value is -1.93. The molecule has 0 atom stereocenters. The number of hydrogen-bond acceptors (Lipinski definition) is 2. The highest BCUT2D eigenvalue weighted by Gasteiger charge is 2.00. The Morgan fingerprint density at radius 3 is 2.50 bits per heavy atom. The van der Waals surface area contributed by atoms with Gasteiger partial charge in [-0.05, 0) is 12.1 Å². The smallest absolute Gasteiger partial charge is 0.185 e. The molecule has 0 aliphatic heterocycles. The van der Waals surface area contributed by atoms with Crippen LogP contribution >= 0.6 is 0 Å². The fourth-order valence-electron chi connectivity index (χ4n) is 0.884. The Balaban J connectivity index is 2.84. The maximum Gasteiger partial charge on any atom is 0.185 e. The molecule has 2 nitrogen and oxygen atoms in total. The van der Waals surface area contributed by atoms with Crippen LogP contribution in [0.3, 0.4) is 0 Å². The molecule has 0 aliphatic carbocycles. The van der Waals surface area contributed by atoms with Crippen LogP contribution in [0.2, 0.25) is 0 Å². The summed E-state index contributed by atoms with van der Waals surface area (Å²) < 4.78 is 0. The van der Waals surface area contributed by atoms with Crippen molar-refractivity contribution in [2.75, 3.05) is 11.4 Å². The number of anilines is 1. The van der Waals surface area contributed by atoms with Crippen LogP contribution in [0.5, 0.6) is 0 Å².